The highest BCUT2D eigenvalue weighted by Crippen LogP contribution is 2.36. The number of nitrogens with two attached hydrogens (primary N) is 1. The molecule has 30 heavy (non-hydrogen) atoms. The molecule has 1 heterocycles. The Morgan fingerprint density at radius 3 is 2.57 bits per heavy atom. The van der Waals surface area contributed by atoms with Gasteiger partial charge >= 0.3 is 0 Å². The van der Waals surface area contributed by atoms with Gasteiger partial charge in [-0.15, -0.1) is 0 Å². The number of rotatable bonds is 8. The summed E-state index contributed by atoms with van der Waals surface area (Å²) in [5.41, 5.74) is 7.91. The Kier molecular flexibility index (Phi) is 6.43. The lowest BCUT2D eigenvalue weighted by Gasteiger charge is -2.42. The minimum absolute atomic E-state index is 0.215. The van der Waals surface area contributed by atoms with Crippen molar-refractivity contribution in [2.75, 3.05) is 38.2 Å². The molecular formula is C24H31N3O3. The lowest BCUT2D eigenvalue weighted by molar-refractivity contribution is -0.119. The Balaban J connectivity index is 1.52. The van der Waals surface area contributed by atoms with Gasteiger partial charge in [0, 0.05) is 37.4 Å². The van der Waals surface area contributed by atoms with Crippen molar-refractivity contribution in [1.82, 2.24) is 4.90 Å². The summed E-state index contributed by atoms with van der Waals surface area (Å²) in [4.78, 5) is 16.2. The molecule has 0 radical (unpaired) electrons. The standard InChI is InChI=1S/C24H31N3O3/c1-29-22-11-10-19(15-23(22)30-21-8-5-9-21)26-12-13-27(17-24(25)28)20(16-26)14-18-6-3-2-4-7-18/h2-4,6-7,10-11,15,20-21H,5,8-9,12-14,16-17H2,1H3,(H2,25,28). The number of methoxy groups -OCH3 is 1. The molecule has 4 rings (SSSR count). The van der Waals surface area contributed by atoms with E-state index in [9.17, 15) is 4.79 Å². The summed E-state index contributed by atoms with van der Waals surface area (Å²) < 4.78 is 11.7. The van der Waals surface area contributed by atoms with E-state index in [0.29, 0.717) is 12.6 Å². The molecule has 0 spiro atoms. The van der Waals surface area contributed by atoms with Gasteiger partial charge in [-0.2, -0.15) is 0 Å². The second-order valence-electron chi connectivity index (χ2n) is 8.23. The van der Waals surface area contributed by atoms with E-state index < -0.39 is 0 Å². The van der Waals surface area contributed by atoms with Crippen LogP contribution >= 0.6 is 0 Å². The molecule has 1 saturated carbocycles. The molecule has 6 nitrogen and oxygen atoms in total. The molecule has 160 valence electrons. The smallest absolute Gasteiger partial charge is 0.231 e. The van der Waals surface area contributed by atoms with Crippen molar-refractivity contribution in [3.8, 4) is 11.5 Å². The van der Waals surface area contributed by atoms with Gasteiger partial charge < -0.3 is 20.1 Å². The topological polar surface area (TPSA) is 68.0 Å². The number of nitrogens with zero attached hydrogens (tertiary/aromatic N) is 2. The summed E-state index contributed by atoms with van der Waals surface area (Å²) >= 11 is 0. The largest absolute Gasteiger partial charge is 0.493 e. The van der Waals surface area contributed by atoms with Crippen LogP contribution in [0.5, 0.6) is 11.5 Å². The fraction of sp³-hybridized carbons (Fsp3) is 0.458. The van der Waals surface area contributed by atoms with Crippen LogP contribution < -0.4 is 20.1 Å². The zero-order valence-electron chi connectivity index (χ0n) is 17.6. The number of piperazine rings is 1. The molecule has 1 aliphatic carbocycles. The van der Waals surface area contributed by atoms with Gasteiger partial charge in [-0.05, 0) is 43.4 Å². The van der Waals surface area contributed by atoms with Gasteiger partial charge in [-0.3, -0.25) is 9.69 Å². The van der Waals surface area contributed by atoms with Crippen LogP contribution in [0.3, 0.4) is 0 Å². The lowest BCUT2D eigenvalue weighted by atomic mass is 9.96. The SMILES string of the molecule is COc1ccc(N2CCN(CC(N)=O)C(Cc3ccccc3)C2)cc1OC1CCC1. The van der Waals surface area contributed by atoms with Crippen molar-refractivity contribution in [2.45, 2.75) is 37.8 Å². The third kappa shape index (κ3) is 4.87. The van der Waals surface area contributed by atoms with Crippen molar-refractivity contribution in [2.24, 2.45) is 5.73 Å². The number of carbonyl (C=O) groups is 1. The number of carbonyl (C=O) groups excluding carboxylic acids is 1. The van der Waals surface area contributed by atoms with E-state index in [2.05, 4.69) is 46.2 Å². The van der Waals surface area contributed by atoms with Crippen molar-refractivity contribution >= 4 is 11.6 Å². The molecule has 1 amide bonds. The third-order valence-electron chi connectivity index (χ3n) is 6.14. The first-order valence-corrected chi connectivity index (χ1v) is 10.8. The predicted molar refractivity (Wildman–Crippen MR) is 118 cm³/mol. The van der Waals surface area contributed by atoms with Crippen LogP contribution in [-0.2, 0) is 11.2 Å². The van der Waals surface area contributed by atoms with Crippen LogP contribution in [0.2, 0.25) is 0 Å². The Bertz CT molecular complexity index is 854. The molecule has 6 heteroatoms. The first-order chi connectivity index (χ1) is 14.6. The quantitative estimate of drug-likeness (QED) is 0.726. The molecule has 2 fully saturated rings. The van der Waals surface area contributed by atoms with Crippen LogP contribution in [0.4, 0.5) is 5.69 Å². The molecule has 2 N–H and O–H groups in total. The average molecular weight is 410 g/mol. The highest BCUT2D eigenvalue weighted by atomic mass is 16.5. The maximum Gasteiger partial charge on any atom is 0.231 e. The highest BCUT2D eigenvalue weighted by Gasteiger charge is 2.29. The Morgan fingerprint density at radius 1 is 1.10 bits per heavy atom. The maximum absolute atomic E-state index is 11.6. The van der Waals surface area contributed by atoms with E-state index >= 15 is 0 Å². The van der Waals surface area contributed by atoms with Crippen molar-refractivity contribution in [3.05, 3.63) is 54.1 Å². The normalized spacial score (nSPS) is 19.9. The van der Waals surface area contributed by atoms with E-state index in [4.69, 9.17) is 15.2 Å². The molecule has 1 aliphatic heterocycles. The summed E-state index contributed by atoms with van der Waals surface area (Å²) in [7, 11) is 1.68. The van der Waals surface area contributed by atoms with Crippen LogP contribution in [0, 0.1) is 0 Å². The Hall–Kier alpha value is -2.73. The van der Waals surface area contributed by atoms with Crippen LogP contribution in [0.15, 0.2) is 48.5 Å². The average Bonchev–Trinajstić information content (AvgIpc) is 2.72. The Morgan fingerprint density at radius 2 is 1.90 bits per heavy atom. The zero-order chi connectivity index (χ0) is 20.9. The van der Waals surface area contributed by atoms with Crippen LogP contribution in [0.25, 0.3) is 0 Å². The third-order valence-corrected chi connectivity index (χ3v) is 6.14. The monoisotopic (exact) mass is 409 g/mol. The second-order valence-corrected chi connectivity index (χ2v) is 8.23. The van der Waals surface area contributed by atoms with Crippen LogP contribution in [0.1, 0.15) is 24.8 Å². The van der Waals surface area contributed by atoms with Gasteiger partial charge in [0.05, 0.1) is 19.8 Å². The number of hydrogen-bond donors (Lipinski definition) is 1. The fourth-order valence-electron chi connectivity index (χ4n) is 4.24. The number of primary amides is 1. The molecule has 1 unspecified atom stereocenters. The van der Waals surface area contributed by atoms with Gasteiger partial charge in [-0.25, -0.2) is 0 Å². The summed E-state index contributed by atoms with van der Waals surface area (Å²) in [5.74, 6) is 1.32. The van der Waals surface area contributed by atoms with Gasteiger partial charge in [-0.1, -0.05) is 30.3 Å². The first-order valence-electron chi connectivity index (χ1n) is 10.8. The second kappa shape index (κ2) is 9.39. The first kappa shape index (κ1) is 20.5. The van der Waals surface area contributed by atoms with E-state index in [1.54, 1.807) is 7.11 Å². The van der Waals surface area contributed by atoms with Crippen molar-refractivity contribution < 1.29 is 14.3 Å². The number of amides is 1. The van der Waals surface area contributed by atoms with Gasteiger partial charge in [0.1, 0.15) is 0 Å². The maximum atomic E-state index is 11.6. The number of hydrogen-bond acceptors (Lipinski definition) is 5. The minimum atomic E-state index is -0.276. The molecule has 2 aliphatic rings. The van der Waals surface area contributed by atoms with Gasteiger partial charge in [0.15, 0.2) is 11.5 Å². The van der Waals surface area contributed by atoms with E-state index in [0.717, 1.165) is 56.1 Å². The zero-order valence-corrected chi connectivity index (χ0v) is 17.6. The van der Waals surface area contributed by atoms with E-state index in [-0.39, 0.29) is 11.9 Å². The number of benzene rings is 2. The number of ether oxygens (including phenoxy) is 2. The summed E-state index contributed by atoms with van der Waals surface area (Å²) in [6, 6.07) is 16.8. The van der Waals surface area contributed by atoms with Crippen molar-refractivity contribution in [1.29, 1.82) is 0 Å². The van der Waals surface area contributed by atoms with Crippen molar-refractivity contribution in [3.63, 3.8) is 0 Å². The molecule has 0 bridgehead atoms. The summed E-state index contributed by atoms with van der Waals surface area (Å²) in [6.07, 6.45) is 4.63. The fourth-order valence-corrected chi connectivity index (χ4v) is 4.24. The summed E-state index contributed by atoms with van der Waals surface area (Å²) in [6.45, 7) is 2.76. The summed E-state index contributed by atoms with van der Waals surface area (Å²) in [5, 5.41) is 0. The molecule has 2 aromatic rings. The predicted octanol–water partition coefficient (Wildman–Crippen LogP) is 2.85. The molecule has 1 atom stereocenters. The lowest BCUT2D eigenvalue weighted by Crippen LogP contribution is -2.56. The van der Waals surface area contributed by atoms with E-state index in [1.807, 2.05) is 12.1 Å². The Labute approximate surface area is 178 Å². The molecule has 2 aromatic carbocycles. The number of anilines is 1. The molecule has 0 aromatic heterocycles. The van der Waals surface area contributed by atoms with E-state index in [1.165, 1.54) is 12.0 Å². The van der Waals surface area contributed by atoms with Crippen LogP contribution in [-0.4, -0.2) is 56.2 Å². The minimum Gasteiger partial charge on any atom is -0.493 e. The van der Waals surface area contributed by atoms with Gasteiger partial charge in [0.25, 0.3) is 0 Å². The molecular weight excluding hydrogens is 378 g/mol. The van der Waals surface area contributed by atoms with Gasteiger partial charge in [0.2, 0.25) is 5.91 Å². The molecule has 1 saturated heterocycles. The highest BCUT2D eigenvalue weighted by molar-refractivity contribution is 5.76.